The second-order valence-electron chi connectivity index (χ2n) is 7.13. The van der Waals surface area contributed by atoms with Gasteiger partial charge in [0.25, 0.3) is 11.5 Å². The van der Waals surface area contributed by atoms with Crippen LogP contribution < -0.4 is 21.9 Å². The molecule has 9 heteroatoms. The van der Waals surface area contributed by atoms with Gasteiger partial charge in [0.1, 0.15) is 5.82 Å². The molecule has 0 spiro atoms. The molecule has 0 saturated carbocycles. The molecular formula is C20H30N4O5. The summed E-state index contributed by atoms with van der Waals surface area (Å²) < 4.78 is 6.46. The number of nitrogens with zero attached hydrogens (tertiary/aromatic N) is 2. The van der Waals surface area contributed by atoms with Crippen molar-refractivity contribution in [3.63, 3.8) is 0 Å². The van der Waals surface area contributed by atoms with Crippen LogP contribution in [-0.2, 0) is 20.9 Å². The van der Waals surface area contributed by atoms with Crippen LogP contribution in [0.15, 0.2) is 21.7 Å². The highest BCUT2D eigenvalue weighted by Gasteiger charge is 2.26. The van der Waals surface area contributed by atoms with E-state index in [-0.39, 0.29) is 24.0 Å². The monoisotopic (exact) mass is 406 g/mol. The Kier molecular flexibility index (Phi) is 8.23. The van der Waals surface area contributed by atoms with Crippen LogP contribution >= 0.6 is 0 Å². The van der Waals surface area contributed by atoms with Crippen molar-refractivity contribution >= 4 is 23.4 Å². The number of carbonyl (C=O) groups excluding carboxylic acids is 2. The number of esters is 1. The minimum absolute atomic E-state index is 0.0613. The Morgan fingerprint density at radius 1 is 1.28 bits per heavy atom. The van der Waals surface area contributed by atoms with E-state index in [0.717, 1.165) is 12.8 Å². The molecule has 0 fully saturated rings. The van der Waals surface area contributed by atoms with Crippen LogP contribution in [0.2, 0.25) is 0 Å². The van der Waals surface area contributed by atoms with E-state index >= 15 is 0 Å². The molecule has 0 unspecified atom stereocenters. The minimum Gasteiger partial charge on any atom is -0.455 e. The van der Waals surface area contributed by atoms with Crippen molar-refractivity contribution in [3.8, 4) is 0 Å². The molecule has 0 bridgehead atoms. The number of ether oxygens (including phenoxy) is 1. The zero-order valence-corrected chi connectivity index (χ0v) is 17.1. The summed E-state index contributed by atoms with van der Waals surface area (Å²) in [5.41, 5.74) is 4.67. The molecule has 3 N–H and O–H groups in total. The fourth-order valence-corrected chi connectivity index (χ4v) is 3.30. The first-order chi connectivity index (χ1) is 13.9. The van der Waals surface area contributed by atoms with Gasteiger partial charge in [-0.25, -0.2) is 4.79 Å². The number of nitrogen functional groups attached to an aromatic ring is 1. The van der Waals surface area contributed by atoms with E-state index in [9.17, 15) is 19.2 Å². The van der Waals surface area contributed by atoms with Crippen LogP contribution in [0.4, 0.5) is 11.5 Å². The second-order valence-corrected chi connectivity index (χ2v) is 7.13. The maximum Gasteiger partial charge on any atom is 0.330 e. The Morgan fingerprint density at radius 3 is 2.66 bits per heavy atom. The molecule has 9 nitrogen and oxygen atoms in total. The second kappa shape index (κ2) is 10.6. The number of hydrogen-bond donors (Lipinski definition) is 2. The first-order valence-corrected chi connectivity index (χ1v) is 10.1. The molecule has 1 aliphatic carbocycles. The van der Waals surface area contributed by atoms with Crippen molar-refractivity contribution in [2.75, 3.05) is 23.8 Å². The number of unbranched alkanes of at least 4 members (excludes halogenated alkanes) is 1. The molecular weight excluding hydrogens is 376 g/mol. The number of H-pyrrole nitrogens is 1. The maximum absolute atomic E-state index is 12.8. The molecule has 0 aromatic carbocycles. The van der Waals surface area contributed by atoms with E-state index in [1.165, 1.54) is 9.47 Å². The van der Waals surface area contributed by atoms with Gasteiger partial charge in [0, 0.05) is 13.1 Å². The number of allylic oxidation sites excluding steroid dienone is 2. The van der Waals surface area contributed by atoms with Gasteiger partial charge in [-0.1, -0.05) is 32.4 Å². The Balaban J connectivity index is 2.24. The molecule has 0 saturated heterocycles. The third kappa shape index (κ3) is 5.58. The molecule has 2 rings (SSSR count). The van der Waals surface area contributed by atoms with E-state index in [0.29, 0.717) is 32.2 Å². The van der Waals surface area contributed by atoms with Gasteiger partial charge >= 0.3 is 11.7 Å². The molecule has 1 aliphatic rings. The minimum atomic E-state index is -0.729. The normalized spacial score (nSPS) is 15.9. The number of aromatic amines is 1. The molecule has 1 heterocycles. The number of carbonyl (C=O) groups is 2. The Bertz CT molecular complexity index is 871. The zero-order chi connectivity index (χ0) is 21.4. The van der Waals surface area contributed by atoms with Gasteiger partial charge in [-0.05, 0) is 32.1 Å². The van der Waals surface area contributed by atoms with E-state index < -0.39 is 29.7 Å². The number of hydrogen-bond acceptors (Lipinski definition) is 6. The highest BCUT2D eigenvalue weighted by atomic mass is 16.5. The molecule has 0 aliphatic heterocycles. The number of nitrogens with one attached hydrogen (secondary N) is 1. The van der Waals surface area contributed by atoms with Crippen LogP contribution in [0, 0.1) is 5.92 Å². The molecule has 29 heavy (non-hydrogen) atoms. The van der Waals surface area contributed by atoms with E-state index in [4.69, 9.17) is 10.5 Å². The lowest BCUT2D eigenvalue weighted by atomic mass is 9.95. The summed E-state index contributed by atoms with van der Waals surface area (Å²) >= 11 is 0. The molecule has 1 aromatic rings. The lowest BCUT2D eigenvalue weighted by Gasteiger charge is -2.25. The maximum atomic E-state index is 12.8. The zero-order valence-electron chi connectivity index (χ0n) is 17.1. The third-order valence-corrected chi connectivity index (χ3v) is 4.91. The van der Waals surface area contributed by atoms with Gasteiger partial charge in [-0.15, -0.1) is 0 Å². The first kappa shape index (κ1) is 22.4. The van der Waals surface area contributed by atoms with Gasteiger partial charge < -0.3 is 15.4 Å². The third-order valence-electron chi connectivity index (χ3n) is 4.91. The molecule has 1 aromatic heterocycles. The van der Waals surface area contributed by atoms with E-state index in [2.05, 4.69) is 4.98 Å². The van der Waals surface area contributed by atoms with Crippen molar-refractivity contribution in [1.29, 1.82) is 0 Å². The smallest absolute Gasteiger partial charge is 0.330 e. The lowest BCUT2D eigenvalue weighted by molar-refractivity contribution is -0.152. The average Bonchev–Trinajstić information content (AvgIpc) is 2.71. The predicted octanol–water partition coefficient (Wildman–Crippen LogP) is 1.56. The van der Waals surface area contributed by atoms with Gasteiger partial charge in [-0.3, -0.25) is 23.9 Å². The quantitative estimate of drug-likeness (QED) is 0.473. The van der Waals surface area contributed by atoms with Gasteiger partial charge in [0.15, 0.2) is 12.3 Å². The van der Waals surface area contributed by atoms with Crippen LogP contribution in [0.3, 0.4) is 0 Å². The lowest BCUT2D eigenvalue weighted by Crippen LogP contribution is -2.43. The summed E-state index contributed by atoms with van der Waals surface area (Å²) in [6, 6.07) is 0. The standard InChI is InChI=1S/C20H30N4O5/c1-3-5-12-23(15(25)13-29-19(27)14-9-7-6-8-10-14)16-17(21)24(11-4-2)20(28)22-18(16)26/h6-7,14H,3-5,8-13,21H2,1-2H3,(H,22,26,28)/t14-/m1/s1. The van der Waals surface area contributed by atoms with Crippen LogP contribution in [0.1, 0.15) is 52.4 Å². The van der Waals surface area contributed by atoms with Gasteiger partial charge in [0.2, 0.25) is 0 Å². The van der Waals surface area contributed by atoms with Crippen LogP contribution in [0.5, 0.6) is 0 Å². The van der Waals surface area contributed by atoms with Crippen molar-refractivity contribution in [3.05, 3.63) is 33.0 Å². The molecule has 160 valence electrons. The molecule has 1 atom stereocenters. The SMILES string of the molecule is CCCCN(C(=O)COC(=O)[C@@H]1CC=CCC1)c1c(N)n(CCC)c(=O)[nH]c1=O. The Hall–Kier alpha value is -2.84. The number of nitrogens with two attached hydrogens (primary N) is 1. The van der Waals surface area contributed by atoms with Crippen LogP contribution in [0.25, 0.3) is 0 Å². The van der Waals surface area contributed by atoms with Gasteiger partial charge in [0.05, 0.1) is 5.92 Å². The number of rotatable bonds is 9. The average molecular weight is 406 g/mol. The van der Waals surface area contributed by atoms with E-state index in [1.807, 2.05) is 26.0 Å². The molecule has 1 amide bonds. The Labute approximate surface area is 169 Å². The summed E-state index contributed by atoms with van der Waals surface area (Å²) in [7, 11) is 0. The van der Waals surface area contributed by atoms with Crippen LogP contribution in [-0.4, -0.2) is 34.6 Å². The fraction of sp³-hybridized carbons (Fsp3) is 0.600. The number of amides is 1. The summed E-state index contributed by atoms with van der Waals surface area (Å²) in [5.74, 6) is -1.28. The summed E-state index contributed by atoms with van der Waals surface area (Å²) in [6.07, 6.45) is 8.08. The largest absolute Gasteiger partial charge is 0.455 e. The number of aromatic nitrogens is 2. The summed E-state index contributed by atoms with van der Waals surface area (Å²) in [5, 5.41) is 0. The van der Waals surface area contributed by atoms with Crippen molar-refractivity contribution in [1.82, 2.24) is 9.55 Å². The highest BCUT2D eigenvalue weighted by Crippen LogP contribution is 2.21. The van der Waals surface area contributed by atoms with Gasteiger partial charge in [-0.2, -0.15) is 0 Å². The topological polar surface area (TPSA) is 127 Å². The summed E-state index contributed by atoms with van der Waals surface area (Å²) in [4.78, 5) is 53.0. The van der Waals surface area contributed by atoms with Crippen molar-refractivity contribution < 1.29 is 14.3 Å². The highest BCUT2D eigenvalue weighted by molar-refractivity contribution is 5.97. The molecule has 0 radical (unpaired) electrons. The van der Waals surface area contributed by atoms with Crippen molar-refractivity contribution in [2.45, 2.75) is 58.9 Å². The summed E-state index contributed by atoms with van der Waals surface area (Å²) in [6.45, 7) is 3.89. The number of anilines is 2. The fourth-order valence-electron chi connectivity index (χ4n) is 3.30. The predicted molar refractivity (Wildman–Crippen MR) is 111 cm³/mol. The van der Waals surface area contributed by atoms with Crippen molar-refractivity contribution in [2.24, 2.45) is 5.92 Å². The van der Waals surface area contributed by atoms with E-state index in [1.54, 1.807) is 0 Å². The Morgan fingerprint density at radius 2 is 2.03 bits per heavy atom. The first-order valence-electron chi connectivity index (χ1n) is 10.1.